The van der Waals surface area contributed by atoms with E-state index in [1.165, 1.54) is 57.0 Å². The fraction of sp³-hybridized carbons (Fsp3) is 0.714. The highest BCUT2D eigenvalue weighted by atomic mass is 32.1. The first-order valence-corrected chi connectivity index (χ1v) is 7.98. The summed E-state index contributed by atoms with van der Waals surface area (Å²) in [4.78, 5) is 6.72. The van der Waals surface area contributed by atoms with Crippen LogP contribution in [-0.2, 0) is 6.54 Å². The Labute approximate surface area is 114 Å². The van der Waals surface area contributed by atoms with E-state index in [1.54, 1.807) is 0 Å². The van der Waals surface area contributed by atoms with E-state index in [1.807, 2.05) is 11.3 Å². The van der Waals surface area contributed by atoms with Gasteiger partial charge < -0.3 is 5.32 Å². The normalized spacial score (nSPS) is 26.8. The first-order valence-electron chi connectivity index (χ1n) is 7.10. The van der Waals surface area contributed by atoms with Gasteiger partial charge in [-0.15, -0.1) is 11.3 Å². The van der Waals surface area contributed by atoms with Gasteiger partial charge in [0, 0.05) is 50.2 Å². The van der Waals surface area contributed by atoms with Crippen LogP contribution in [0.15, 0.2) is 17.5 Å². The SMILES string of the molecule is c1csc(CN2CCN(CC3CCCN3)CC2)c1. The molecule has 1 aromatic rings. The molecule has 3 nitrogen and oxygen atoms in total. The third-order valence-electron chi connectivity index (χ3n) is 4.07. The Morgan fingerprint density at radius 3 is 2.72 bits per heavy atom. The van der Waals surface area contributed by atoms with Crippen molar-refractivity contribution >= 4 is 11.3 Å². The predicted molar refractivity (Wildman–Crippen MR) is 77.1 cm³/mol. The zero-order valence-corrected chi connectivity index (χ0v) is 11.8. The molecule has 1 aromatic heterocycles. The predicted octanol–water partition coefficient (Wildman–Crippen LogP) is 1.62. The summed E-state index contributed by atoms with van der Waals surface area (Å²) in [5.41, 5.74) is 0. The molecule has 0 amide bonds. The van der Waals surface area contributed by atoms with E-state index in [4.69, 9.17) is 0 Å². The molecule has 1 atom stereocenters. The second-order valence-electron chi connectivity index (χ2n) is 5.45. The van der Waals surface area contributed by atoms with Crippen molar-refractivity contribution in [2.75, 3.05) is 39.3 Å². The number of hydrogen-bond donors (Lipinski definition) is 1. The lowest BCUT2D eigenvalue weighted by atomic mass is 10.2. The largest absolute Gasteiger partial charge is 0.313 e. The molecule has 2 saturated heterocycles. The molecule has 18 heavy (non-hydrogen) atoms. The average molecular weight is 265 g/mol. The molecule has 1 N–H and O–H groups in total. The second kappa shape index (κ2) is 6.15. The standard InChI is InChI=1S/C14H23N3S/c1-3-13(15-5-1)11-16-6-8-17(9-7-16)12-14-4-2-10-18-14/h2,4,10,13,15H,1,3,5-9,11-12H2. The first-order chi connectivity index (χ1) is 8.90. The summed E-state index contributed by atoms with van der Waals surface area (Å²) in [7, 11) is 0. The van der Waals surface area contributed by atoms with Crippen molar-refractivity contribution in [1.82, 2.24) is 15.1 Å². The summed E-state index contributed by atoms with van der Waals surface area (Å²) < 4.78 is 0. The molecular formula is C14H23N3S. The lowest BCUT2D eigenvalue weighted by molar-refractivity contribution is 0.121. The van der Waals surface area contributed by atoms with Crippen LogP contribution < -0.4 is 5.32 Å². The lowest BCUT2D eigenvalue weighted by Crippen LogP contribution is -2.49. The van der Waals surface area contributed by atoms with E-state index in [9.17, 15) is 0 Å². The van der Waals surface area contributed by atoms with Gasteiger partial charge in [-0.1, -0.05) is 6.07 Å². The molecule has 0 spiro atoms. The van der Waals surface area contributed by atoms with Crippen LogP contribution in [0.5, 0.6) is 0 Å². The van der Waals surface area contributed by atoms with Gasteiger partial charge in [0.15, 0.2) is 0 Å². The minimum absolute atomic E-state index is 0.758. The van der Waals surface area contributed by atoms with Crippen LogP contribution in [0.1, 0.15) is 17.7 Å². The first kappa shape index (κ1) is 12.6. The van der Waals surface area contributed by atoms with E-state index in [0.29, 0.717) is 0 Å². The van der Waals surface area contributed by atoms with Crippen molar-refractivity contribution in [2.45, 2.75) is 25.4 Å². The molecule has 2 aliphatic heterocycles. The van der Waals surface area contributed by atoms with Gasteiger partial charge in [-0.05, 0) is 30.8 Å². The molecule has 100 valence electrons. The van der Waals surface area contributed by atoms with E-state index in [0.717, 1.165) is 12.6 Å². The van der Waals surface area contributed by atoms with E-state index in [2.05, 4.69) is 32.6 Å². The molecule has 2 aliphatic rings. The molecule has 2 fully saturated rings. The van der Waals surface area contributed by atoms with Crippen LogP contribution in [0.2, 0.25) is 0 Å². The molecule has 0 radical (unpaired) electrons. The van der Waals surface area contributed by atoms with Crippen molar-refractivity contribution in [2.24, 2.45) is 0 Å². The van der Waals surface area contributed by atoms with Crippen molar-refractivity contribution in [3.63, 3.8) is 0 Å². The highest BCUT2D eigenvalue weighted by Crippen LogP contribution is 2.14. The highest BCUT2D eigenvalue weighted by Gasteiger charge is 2.21. The van der Waals surface area contributed by atoms with Gasteiger partial charge in [0.05, 0.1) is 0 Å². The van der Waals surface area contributed by atoms with E-state index >= 15 is 0 Å². The molecule has 3 heterocycles. The molecule has 0 bridgehead atoms. The van der Waals surface area contributed by atoms with E-state index < -0.39 is 0 Å². The zero-order chi connectivity index (χ0) is 12.2. The van der Waals surface area contributed by atoms with Gasteiger partial charge in [0.1, 0.15) is 0 Å². The van der Waals surface area contributed by atoms with Crippen LogP contribution in [0, 0.1) is 0 Å². The fourth-order valence-electron chi connectivity index (χ4n) is 2.98. The third-order valence-corrected chi connectivity index (χ3v) is 4.93. The lowest BCUT2D eigenvalue weighted by Gasteiger charge is -2.35. The number of piperazine rings is 1. The van der Waals surface area contributed by atoms with Crippen LogP contribution in [0.25, 0.3) is 0 Å². The minimum Gasteiger partial charge on any atom is -0.313 e. The molecule has 3 rings (SSSR count). The smallest absolute Gasteiger partial charge is 0.0328 e. The van der Waals surface area contributed by atoms with E-state index in [-0.39, 0.29) is 0 Å². The maximum absolute atomic E-state index is 3.60. The number of rotatable bonds is 4. The van der Waals surface area contributed by atoms with Crippen LogP contribution in [0.3, 0.4) is 0 Å². The van der Waals surface area contributed by atoms with Gasteiger partial charge in [-0.25, -0.2) is 0 Å². The number of hydrogen-bond acceptors (Lipinski definition) is 4. The Bertz CT molecular complexity index is 338. The maximum Gasteiger partial charge on any atom is 0.0328 e. The summed E-state index contributed by atoms with van der Waals surface area (Å²) in [6, 6.07) is 5.16. The zero-order valence-electron chi connectivity index (χ0n) is 11.0. The Hall–Kier alpha value is -0.420. The van der Waals surface area contributed by atoms with Crippen molar-refractivity contribution in [3.05, 3.63) is 22.4 Å². The van der Waals surface area contributed by atoms with Crippen molar-refractivity contribution in [1.29, 1.82) is 0 Å². The summed E-state index contributed by atoms with van der Waals surface area (Å²) in [6.45, 7) is 8.56. The quantitative estimate of drug-likeness (QED) is 0.892. The fourth-order valence-corrected chi connectivity index (χ4v) is 3.72. The summed E-state index contributed by atoms with van der Waals surface area (Å²) in [5, 5.41) is 5.78. The van der Waals surface area contributed by atoms with Crippen molar-refractivity contribution in [3.8, 4) is 0 Å². The Balaban J connectivity index is 1.40. The summed E-state index contributed by atoms with van der Waals surface area (Å²) in [5.74, 6) is 0. The van der Waals surface area contributed by atoms with Gasteiger partial charge in [0.25, 0.3) is 0 Å². The van der Waals surface area contributed by atoms with Gasteiger partial charge in [-0.3, -0.25) is 9.80 Å². The molecule has 4 heteroatoms. The molecule has 0 saturated carbocycles. The van der Waals surface area contributed by atoms with Gasteiger partial charge in [0.2, 0.25) is 0 Å². The van der Waals surface area contributed by atoms with Crippen LogP contribution in [0.4, 0.5) is 0 Å². The molecule has 0 aliphatic carbocycles. The Kier molecular flexibility index (Phi) is 4.31. The summed E-state index contributed by atoms with van der Waals surface area (Å²) in [6.07, 6.45) is 2.73. The summed E-state index contributed by atoms with van der Waals surface area (Å²) >= 11 is 1.88. The Morgan fingerprint density at radius 1 is 1.22 bits per heavy atom. The third kappa shape index (κ3) is 3.32. The molecule has 0 aromatic carbocycles. The number of nitrogens with one attached hydrogen (secondary N) is 1. The topological polar surface area (TPSA) is 18.5 Å². The van der Waals surface area contributed by atoms with Crippen LogP contribution >= 0.6 is 11.3 Å². The maximum atomic E-state index is 3.60. The van der Waals surface area contributed by atoms with Crippen LogP contribution in [-0.4, -0.2) is 55.1 Å². The molecular weight excluding hydrogens is 242 g/mol. The highest BCUT2D eigenvalue weighted by molar-refractivity contribution is 7.09. The number of thiophene rings is 1. The van der Waals surface area contributed by atoms with Gasteiger partial charge in [-0.2, -0.15) is 0 Å². The minimum atomic E-state index is 0.758. The Morgan fingerprint density at radius 2 is 2.06 bits per heavy atom. The van der Waals surface area contributed by atoms with Crippen molar-refractivity contribution < 1.29 is 0 Å². The van der Waals surface area contributed by atoms with Gasteiger partial charge >= 0.3 is 0 Å². The monoisotopic (exact) mass is 265 g/mol. The molecule has 1 unspecified atom stereocenters. The average Bonchev–Trinajstić information content (AvgIpc) is 3.05. The second-order valence-corrected chi connectivity index (χ2v) is 6.48. The number of nitrogens with zero attached hydrogens (tertiary/aromatic N) is 2.